The van der Waals surface area contributed by atoms with Crippen LogP contribution in [0.15, 0.2) is 24.3 Å². The SMILES string of the molecule is CCOc1ccccc1CCNC(=O)C1CCCCN1.Cl. The lowest BCUT2D eigenvalue weighted by Crippen LogP contribution is -2.47. The number of nitrogens with one attached hydrogen (secondary N) is 2. The van der Waals surface area contributed by atoms with Gasteiger partial charge < -0.3 is 15.4 Å². The molecule has 0 aliphatic carbocycles. The van der Waals surface area contributed by atoms with E-state index in [2.05, 4.69) is 16.7 Å². The van der Waals surface area contributed by atoms with Crippen molar-refractivity contribution >= 4 is 18.3 Å². The molecule has 1 saturated heterocycles. The molecule has 1 atom stereocenters. The lowest BCUT2D eigenvalue weighted by atomic mass is 10.0. The van der Waals surface area contributed by atoms with Crippen LogP contribution in [0.2, 0.25) is 0 Å². The van der Waals surface area contributed by atoms with Crippen LogP contribution in [0.5, 0.6) is 5.75 Å². The van der Waals surface area contributed by atoms with Crippen LogP contribution in [0.25, 0.3) is 0 Å². The summed E-state index contributed by atoms with van der Waals surface area (Å²) in [6, 6.07) is 7.99. The van der Waals surface area contributed by atoms with E-state index in [1.54, 1.807) is 0 Å². The first kappa shape index (κ1) is 17.8. The average molecular weight is 313 g/mol. The van der Waals surface area contributed by atoms with Gasteiger partial charge in [0.25, 0.3) is 0 Å². The van der Waals surface area contributed by atoms with E-state index < -0.39 is 0 Å². The highest BCUT2D eigenvalue weighted by Crippen LogP contribution is 2.18. The summed E-state index contributed by atoms with van der Waals surface area (Å²) in [7, 11) is 0. The Morgan fingerprint density at radius 1 is 1.38 bits per heavy atom. The number of piperidine rings is 1. The molecular formula is C16H25ClN2O2. The molecule has 0 bridgehead atoms. The van der Waals surface area contributed by atoms with Crippen LogP contribution in [-0.2, 0) is 11.2 Å². The van der Waals surface area contributed by atoms with Crippen LogP contribution in [0.1, 0.15) is 31.7 Å². The maximum atomic E-state index is 12.0. The van der Waals surface area contributed by atoms with Gasteiger partial charge in [-0.2, -0.15) is 0 Å². The van der Waals surface area contributed by atoms with Crippen molar-refractivity contribution in [3.05, 3.63) is 29.8 Å². The molecule has 5 heteroatoms. The summed E-state index contributed by atoms with van der Waals surface area (Å²) >= 11 is 0. The second kappa shape index (κ2) is 9.64. The molecule has 0 saturated carbocycles. The molecule has 118 valence electrons. The lowest BCUT2D eigenvalue weighted by Gasteiger charge is -2.22. The fraction of sp³-hybridized carbons (Fsp3) is 0.562. The van der Waals surface area contributed by atoms with E-state index in [-0.39, 0.29) is 24.4 Å². The van der Waals surface area contributed by atoms with Gasteiger partial charge in [-0.25, -0.2) is 0 Å². The molecule has 1 aliphatic heterocycles. The molecular weight excluding hydrogens is 288 g/mol. The second-order valence-corrected chi connectivity index (χ2v) is 5.08. The molecule has 1 fully saturated rings. The van der Waals surface area contributed by atoms with Gasteiger partial charge in [0, 0.05) is 6.54 Å². The smallest absolute Gasteiger partial charge is 0.237 e. The first-order valence-electron chi connectivity index (χ1n) is 7.53. The Morgan fingerprint density at radius 3 is 2.90 bits per heavy atom. The van der Waals surface area contributed by atoms with E-state index in [0.717, 1.165) is 37.1 Å². The Kier molecular flexibility index (Phi) is 8.16. The van der Waals surface area contributed by atoms with Crippen molar-refractivity contribution in [1.29, 1.82) is 0 Å². The summed E-state index contributed by atoms with van der Waals surface area (Å²) in [5.74, 6) is 1.04. The number of ether oxygens (including phenoxy) is 1. The maximum absolute atomic E-state index is 12.0. The summed E-state index contributed by atoms with van der Waals surface area (Å²) in [5, 5.41) is 6.28. The maximum Gasteiger partial charge on any atom is 0.237 e. The van der Waals surface area contributed by atoms with E-state index in [1.807, 2.05) is 25.1 Å². The minimum atomic E-state index is -0.00844. The number of halogens is 1. The third-order valence-electron chi connectivity index (χ3n) is 3.59. The Hall–Kier alpha value is -1.26. The molecule has 1 aromatic carbocycles. The van der Waals surface area contributed by atoms with Gasteiger partial charge in [0.1, 0.15) is 5.75 Å². The van der Waals surface area contributed by atoms with Gasteiger partial charge in [0.15, 0.2) is 0 Å². The molecule has 21 heavy (non-hydrogen) atoms. The predicted octanol–water partition coefficient (Wildman–Crippen LogP) is 2.31. The monoisotopic (exact) mass is 312 g/mol. The third-order valence-corrected chi connectivity index (χ3v) is 3.59. The van der Waals surface area contributed by atoms with Gasteiger partial charge in [0.2, 0.25) is 5.91 Å². The van der Waals surface area contributed by atoms with Gasteiger partial charge in [-0.15, -0.1) is 12.4 Å². The quantitative estimate of drug-likeness (QED) is 0.847. The number of rotatable bonds is 6. The molecule has 1 heterocycles. The van der Waals surface area contributed by atoms with Crippen LogP contribution < -0.4 is 15.4 Å². The number of carbonyl (C=O) groups excluding carboxylic acids is 1. The Labute approximate surface area is 133 Å². The summed E-state index contributed by atoms with van der Waals surface area (Å²) in [6.07, 6.45) is 4.06. The molecule has 2 N–H and O–H groups in total. The summed E-state index contributed by atoms with van der Waals surface area (Å²) in [6.45, 7) is 4.25. The zero-order chi connectivity index (χ0) is 14.2. The molecule has 1 unspecified atom stereocenters. The van der Waals surface area contributed by atoms with Crippen LogP contribution in [-0.4, -0.2) is 31.6 Å². The van der Waals surface area contributed by atoms with Crippen LogP contribution in [0.4, 0.5) is 0 Å². The van der Waals surface area contributed by atoms with Crippen molar-refractivity contribution in [1.82, 2.24) is 10.6 Å². The lowest BCUT2D eigenvalue weighted by molar-refractivity contribution is -0.123. The Morgan fingerprint density at radius 2 is 2.19 bits per heavy atom. The molecule has 1 aromatic rings. The number of hydrogen-bond donors (Lipinski definition) is 2. The van der Waals surface area contributed by atoms with E-state index >= 15 is 0 Å². The van der Waals surface area contributed by atoms with Crippen molar-refractivity contribution in [3.63, 3.8) is 0 Å². The summed E-state index contributed by atoms with van der Waals surface area (Å²) in [4.78, 5) is 12.0. The van der Waals surface area contributed by atoms with Crippen LogP contribution in [0, 0.1) is 0 Å². The topological polar surface area (TPSA) is 50.4 Å². The Balaban J connectivity index is 0.00000220. The van der Waals surface area contributed by atoms with Gasteiger partial charge in [-0.3, -0.25) is 4.79 Å². The number of hydrogen-bond acceptors (Lipinski definition) is 3. The van der Waals surface area contributed by atoms with Gasteiger partial charge in [0.05, 0.1) is 12.6 Å². The highest BCUT2D eigenvalue weighted by atomic mass is 35.5. The predicted molar refractivity (Wildman–Crippen MR) is 87.2 cm³/mol. The second-order valence-electron chi connectivity index (χ2n) is 5.08. The minimum Gasteiger partial charge on any atom is -0.494 e. The number of benzene rings is 1. The van der Waals surface area contributed by atoms with Gasteiger partial charge in [-0.05, 0) is 44.4 Å². The molecule has 1 aliphatic rings. The number of para-hydroxylation sites is 1. The van der Waals surface area contributed by atoms with E-state index in [1.165, 1.54) is 6.42 Å². The molecule has 1 amide bonds. The van der Waals surface area contributed by atoms with E-state index in [9.17, 15) is 4.79 Å². The molecule has 4 nitrogen and oxygen atoms in total. The highest BCUT2D eigenvalue weighted by Gasteiger charge is 2.19. The normalized spacial score (nSPS) is 17.7. The number of amides is 1. The van der Waals surface area contributed by atoms with Crippen molar-refractivity contribution in [2.75, 3.05) is 19.7 Å². The van der Waals surface area contributed by atoms with Crippen molar-refractivity contribution in [2.24, 2.45) is 0 Å². The molecule has 2 rings (SSSR count). The standard InChI is InChI=1S/C16H24N2O2.ClH/c1-2-20-15-9-4-3-7-13(15)10-12-18-16(19)14-8-5-6-11-17-14;/h3-4,7,9,14,17H,2,5-6,8,10-12H2,1H3,(H,18,19);1H. The Bertz CT molecular complexity index is 434. The fourth-order valence-corrected chi connectivity index (χ4v) is 2.53. The minimum absolute atomic E-state index is 0. The van der Waals surface area contributed by atoms with Gasteiger partial charge >= 0.3 is 0 Å². The first-order chi connectivity index (χ1) is 9.81. The molecule has 0 radical (unpaired) electrons. The van der Waals surface area contributed by atoms with Gasteiger partial charge in [-0.1, -0.05) is 24.6 Å². The van der Waals surface area contributed by atoms with Crippen LogP contribution >= 0.6 is 12.4 Å². The number of carbonyl (C=O) groups is 1. The summed E-state index contributed by atoms with van der Waals surface area (Å²) in [5.41, 5.74) is 1.14. The van der Waals surface area contributed by atoms with E-state index in [0.29, 0.717) is 13.2 Å². The first-order valence-corrected chi connectivity index (χ1v) is 7.53. The van der Waals surface area contributed by atoms with Crippen molar-refractivity contribution in [3.8, 4) is 5.75 Å². The average Bonchev–Trinajstić information content (AvgIpc) is 2.50. The largest absolute Gasteiger partial charge is 0.494 e. The highest BCUT2D eigenvalue weighted by molar-refractivity contribution is 5.85. The van der Waals surface area contributed by atoms with Crippen LogP contribution in [0.3, 0.4) is 0 Å². The zero-order valence-corrected chi connectivity index (χ0v) is 13.4. The van der Waals surface area contributed by atoms with E-state index in [4.69, 9.17) is 4.74 Å². The van der Waals surface area contributed by atoms with Crippen molar-refractivity contribution in [2.45, 2.75) is 38.6 Å². The molecule has 0 spiro atoms. The van der Waals surface area contributed by atoms with Crippen molar-refractivity contribution < 1.29 is 9.53 Å². The third kappa shape index (κ3) is 5.56. The fourth-order valence-electron chi connectivity index (χ4n) is 2.53. The summed E-state index contributed by atoms with van der Waals surface area (Å²) < 4.78 is 5.59. The zero-order valence-electron chi connectivity index (χ0n) is 12.6. The molecule has 0 aromatic heterocycles.